The molecule has 0 spiro atoms. The van der Waals surface area contributed by atoms with Crippen molar-refractivity contribution in [2.24, 2.45) is 0 Å². The highest BCUT2D eigenvalue weighted by molar-refractivity contribution is 6.30. The van der Waals surface area contributed by atoms with Crippen LogP contribution in [0.4, 0.5) is 0 Å². The molecule has 3 rings (SSSR count). The third-order valence-corrected chi connectivity index (χ3v) is 3.79. The number of hydrogen-bond donors (Lipinski definition) is 1. The van der Waals surface area contributed by atoms with Gasteiger partial charge in [-0.25, -0.2) is 4.79 Å². The number of hydrogen-bond acceptors (Lipinski definition) is 3. The van der Waals surface area contributed by atoms with Crippen molar-refractivity contribution in [3.8, 4) is 5.75 Å². The zero-order valence-electron chi connectivity index (χ0n) is 11.2. The predicted octanol–water partition coefficient (Wildman–Crippen LogP) is 3.42. The fraction of sp³-hybridized carbons (Fsp3) is 0.188. The second kappa shape index (κ2) is 5.06. The van der Waals surface area contributed by atoms with Crippen LogP contribution in [0.15, 0.2) is 48.5 Å². The lowest BCUT2D eigenvalue weighted by atomic mass is 9.86. The van der Waals surface area contributed by atoms with Crippen LogP contribution in [0.5, 0.6) is 5.75 Å². The van der Waals surface area contributed by atoms with Gasteiger partial charge in [-0.15, -0.1) is 0 Å². The number of carboxylic acid groups (broad SMARTS) is 1. The lowest BCUT2D eigenvalue weighted by Crippen LogP contribution is -2.44. The van der Waals surface area contributed by atoms with E-state index in [4.69, 9.17) is 21.1 Å². The third-order valence-electron chi connectivity index (χ3n) is 3.56. The van der Waals surface area contributed by atoms with Crippen molar-refractivity contribution in [1.82, 2.24) is 0 Å². The molecule has 0 saturated heterocycles. The predicted molar refractivity (Wildman–Crippen MR) is 77.5 cm³/mol. The molecule has 1 aliphatic heterocycles. The van der Waals surface area contributed by atoms with Crippen LogP contribution in [-0.2, 0) is 15.1 Å². The lowest BCUT2D eigenvalue weighted by molar-refractivity contribution is -0.201. The van der Waals surface area contributed by atoms with Crippen LogP contribution in [0.2, 0.25) is 5.02 Å². The van der Waals surface area contributed by atoms with E-state index in [9.17, 15) is 9.90 Å². The fourth-order valence-electron chi connectivity index (χ4n) is 2.48. The summed E-state index contributed by atoms with van der Waals surface area (Å²) in [6.45, 7) is 1.82. The summed E-state index contributed by atoms with van der Waals surface area (Å²) in [5.74, 6) is -0.706. The molecule has 21 heavy (non-hydrogen) atoms. The van der Waals surface area contributed by atoms with E-state index in [0.717, 1.165) is 5.56 Å². The molecule has 2 aromatic carbocycles. The standard InChI is InChI=1S/C16H13ClO4/c1-16(10-5-3-2-4-6-10)12-9-11(17)7-8-13(12)20-15(21-16)14(18)19/h2-9,15H,1H3,(H,18,19)/t15?,16-/m0/s1. The van der Waals surface area contributed by atoms with E-state index in [0.29, 0.717) is 16.3 Å². The number of rotatable bonds is 2. The molecule has 0 bridgehead atoms. The van der Waals surface area contributed by atoms with Crippen LogP contribution >= 0.6 is 11.6 Å². The van der Waals surface area contributed by atoms with Crippen molar-refractivity contribution < 1.29 is 19.4 Å². The first-order chi connectivity index (χ1) is 10.0. The molecule has 2 aromatic rings. The summed E-state index contributed by atoms with van der Waals surface area (Å²) in [5, 5.41) is 9.76. The number of benzene rings is 2. The lowest BCUT2D eigenvalue weighted by Gasteiger charge is -2.39. The van der Waals surface area contributed by atoms with Crippen molar-refractivity contribution in [3.63, 3.8) is 0 Å². The van der Waals surface area contributed by atoms with Crippen molar-refractivity contribution >= 4 is 17.6 Å². The van der Waals surface area contributed by atoms with Gasteiger partial charge < -0.3 is 14.6 Å². The molecule has 5 heteroatoms. The van der Waals surface area contributed by atoms with E-state index in [1.54, 1.807) is 18.2 Å². The molecule has 0 saturated carbocycles. The molecule has 0 amide bonds. The minimum atomic E-state index is -1.36. The van der Waals surface area contributed by atoms with Gasteiger partial charge in [-0.05, 0) is 30.7 Å². The normalized spacial score (nSPS) is 24.0. The van der Waals surface area contributed by atoms with E-state index in [1.807, 2.05) is 37.3 Å². The Morgan fingerprint density at radius 1 is 1.24 bits per heavy atom. The number of carbonyl (C=O) groups is 1. The topological polar surface area (TPSA) is 55.8 Å². The molecule has 2 atom stereocenters. The Labute approximate surface area is 126 Å². The Balaban J connectivity index is 2.19. The summed E-state index contributed by atoms with van der Waals surface area (Å²) < 4.78 is 11.1. The van der Waals surface area contributed by atoms with Crippen LogP contribution < -0.4 is 4.74 Å². The van der Waals surface area contributed by atoms with Gasteiger partial charge in [0.1, 0.15) is 11.4 Å². The molecule has 1 N–H and O–H groups in total. The van der Waals surface area contributed by atoms with Crippen LogP contribution in [0.3, 0.4) is 0 Å². The average Bonchev–Trinajstić information content (AvgIpc) is 2.48. The molecule has 1 heterocycles. The zero-order valence-corrected chi connectivity index (χ0v) is 12.0. The highest BCUT2D eigenvalue weighted by Gasteiger charge is 2.43. The molecule has 0 fully saturated rings. The monoisotopic (exact) mass is 304 g/mol. The number of carboxylic acids is 1. The van der Waals surface area contributed by atoms with Gasteiger partial charge in [0.25, 0.3) is 6.29 Å². The maximum absolute atomic E-state index is 11.3. The van der Waals surface area contributed by atoms with Gasteiger partial charge in [-0.2, -0.15) is 0 Å². The van der Waals surface area contributed by atoms with Crippen molar-refractivity contribution in [3.05, 3.63) is 64.7 Å². The average molecular weight is 305 g/mol. The number of aliphatic carboxylic acids is 1. The number of fused-ring (bicyclic) bond motifs is 1. The van der Waals surface area contributed by atoms with Crippen LogP contribution in [-0.4, -0.2) is 17.4 Å². The molecule has 1 unspecified atom stereocenters. The van der Waals surface area contributed by atoms with Gasteiger partial charge in [0.15, 0.2) is 0 Å². The van der Waals surface area contributed by atoms with Gasteiger partial charge >= 0.3 is 5.97 Å². The molecule has 1 aliphatic rings. The molecule has 0 aliphatic carbocycles. The summed E-state index contributed by atoms with van der Waals surface area (Å²) in [5.41, 5.74) is 0.602. The van der Waals surface area contributed by atoms with Gasteiger partial charge in [0.05, 0.1) is 0 Å². The Morgan fingerprint density at radius 3 is 2.62 bits per heavy atom. The van der Waals surface area contributed by atoms with Crippen LogP contribution in [0.1, 0.15) is 18.1 Å². The van der Waals surface area contributed by atoms with Crippen LogP contribution in [0.25, 0.3) is 0 Å². The molecule has 0 aromatic heterocycles. The molecule has 0 radical (unpaired) electrons. The Kier molecular flexibility index (Phi) is 3.35. The molecular weight excluding hydrogens is 292 g/mol. The van der Waals surface area contributed by atoms with Gasteiger partial charge in [0, 0.05) is 10.6 Å². The summed E-state index contributed by atoms with van der Waals surface area (Å²) >= 11 is 6.06. The van der Waals surface area contributed by atoms with E-state index in [1.165, 1.54) is 0 Å². The van der Waals surface area contributed by atoms with Gasteiger partial charge in [0.2, 0.25) is 0 Å². The van der Waals surface area contributed by atoms with Gasteiger partial charge in [-0.1, -0.05) is 41.9 Å². The number of ether oxygens (including phenoxy) is 2. The summed E-state index contributed by atoms with van der Waals surface area (Å²) in [7, 11) is 0. The van der Waals surface area contributed by atoms with E-state index in [2.05, 4.69) is 0 Å². The maximum atomic E-state index is 11.3. The second-order valence-electron chi connectivity index (χ2n) is 4.95. The minimum absolute atomic E-state index is 0.462. The van der Waals surface area contributed by atoms with Crippen LogP contribution in [0, 0.1) is 0 Å². The SMILES string of the molecule is C[C@@]1(c2ccccc2)OC(C(=O)O)Oc2ccc(Cl)cc21. The van der Waals surface area contributed by atoms with E-state index < -0.39 is 17.9 Å². The molecular formula is C16H13ClO4. The van der Waals surface area contributed by atoms with Crippen molar-refractivity contribution in [2.75, 3.05) is 0 Å². The summed E-state index contributed by atoms with van der Waals surface area (Å²) in [4.78, 5) is 11.3. The maximum Gasteiger partial charge on any atom is 0.373 e. The fourth-order valence-corrected chi connectivity index (χ4v) is 2.65. The molecule has 108 valence electrons. The molecule has 4 nitrogen and oxygen atoms in total. The van der Waals surface area contributed by atoms with E-state index >= 15 is 0 Å². The largest absolute Gasteiger partial charge is 0.477 e. The first-order valence-corrected chi connectivity index (χ1v) is 6.81. The minimum Gasteiger partial charge on any atom is -0.477 e. The smallest absolute Gasteiger partial charge is 0.373 e. The van der Waals surface area contributed by atoms with Gasteiger partial charge in [-0.3, -0.25) is 0 Å². The summed E-state index contributed by atoms with van der Waals surface area (Å²) in [6.07, 6.45) is -1.36. The van der Waals surface area contributed by atoms with Crippen molar-refractivity contribution in [2.45, 2.75) is 18.8 Å². The quantitative estimate of drug-likeness (QED) is 0.923. The second-order valence-corrected chi connectivity index (χ2v) is 5.38. The Hall–Kier alpha value is -2.04. The number of halogens is 1. The first kappa shape index (κ1) is 13.9. The Morgan fingerprint density at radius 2 is 1.95 bits per heavy atom. The third kappa shape index (κ3) is 2.37. The summed E-state index contributed by atoms with van der Waals surface area (Å²) in [6, 6.07) is 14.5. The van der Waals surface area contributed by atoms with E-state index in [-0.39, 0.29) is 0 Å². The highest BCUT2D eigenvalue weighted by atomic mass is 35.5. The zero-order chi connectivity index (χ0) is 15.0. The first-order valence-electron chi connectivity index (χ1n) is 6.43. The Bertz CT molecular complexity index is 686. The highest BCUT2D eigenvalue weighted by Crippen LogP contribution is 2.44. The van der Waals surface area contributed by atoms with Crippen molar-refractivity contribution in [1.29, 1.82) is 0 Å².